The molecule has 0 amide bonds. The Balaban J connectivity index is 2.59. The summed E-state index contributed by atoms with van der Waals surface area (Å²) in [4.78, 5) is 19.7. The molecule has 0 aliphatic rings. The molecule has 0 fully saturated rings. The number of nitrogen functional groups attached to an aromatic ring is 1. The molecule has 2 rings (SSSR count). The fourth-order valence-corrected chi connectivity index (χ4v) is 1.18. The Kier molecular flexibility index (Phi) is 2.21. The van der Waals surface area contributed by atoms with Gasteiger partial charge in [-0.15, -0.1) is 0 Å². The number of nitrogens with zero attached hydrogens (tertiary/aromatic N) is 3. The Morgan fingerprint density at radius 1 is 1.33 bits per heavy atom. The van der Waals surface area contributed by atoms with Crippen molar-refractivity contribution in [1.82, 2.24) is 14.5 Å². The van der Waals surface area contributed by atoms with Gasteiger partial charge in [-0.1, -0.05) is 0 Å². The number of rotatable bonds is 1. The monoisotopic (exact) mass is 202 g/mol. The van der Waals surface area contributed by atoms with Gasteiger partial charge >= 0.3 is 0 Å². The van der Waals surface area contributed by atoms with Crippen LogP contribution in [-0.2, 0) is 0 Å². The van der Waals surface area contributed by atoms with Crippen LogP contribution in [0.2, 0.25) is 0 Å². The summed E-state index contributed by atoms with van der Waals surface area (Å²) in [6.45, 7) is 1.88. The van der Waals surface area contributed by atoms with E-state index in [4.69, 9.17) is 5.73 Å². The van der Waals surface area contributed by atoms with Crippen molar-refractivity contribution < 1.29 is 0 Å². The number of aryl methyl sites for hydroxylation is 1. The number of aromatic nitrogens is 3. The Hall–Kier alpha value is -2.17. The summed E-state index contributed by atoms with van der Waals surface area (Å²) >= 11 is 0. The number of pyridine rings is 1. The van der Waals surface area contributed by atoms with Crippen LogP contribution in [-0.4, -0.2) is 14.5 Å². The van der Waals surface area contributed by atoms with Gasteiger partial charge in [0.2, 0.25) is 5.95 Å². The molecule has 0 unspecified atom stereocenters. The second-order valence-electron chi connectivity index (χ2n) is 3.20. The molecule has 15 heavy (non-hydrogen) atoms. The van der Waals surface area contributed by atoms with Crippen LogP contribution in [0.3, 0.4) is 0 Å². The average molecular weight is 202 g/mol. The zero-order valence-electron chi connectivity index (χ0n) is 8.21. The van der Waals surface area contributed by atoms with Crippen LogP contribution >= 0.6 is 0 Å². The third kappa shape index (κ3) is 1.71. The van der Waals surface area contributed by atoms with Crippen molar-refractivity contribution in [3.05, 3.63) is 46.6 Å². The lowest BCUT2D eigenvalue weighted by atomic mass is 10.4. The number of nitrogens with two attached hydrogens (primary N) is 1. The van der Waals surface area contributed by atoms with E-state index >= 15 is 0 Å². The number of hydrogen-bond acceptors (Lipinski definition) is 4. The molecule has 0 aliphatic carbocycles. The Morgan fingerprint density at radius 3 is 2.67 bits per heavy atom. The first-order chi connectivity index (χ1) is 7.18. The minimum atomic E-state index is -0.304. The lowest BCUT2D eigenvalue weighted by molar-refractivity contribution is 0.883. The molecule has 0 aliphatic heterocycles. The van der Waals surface area contributed by atoms with Gasteiger partial charge in [-0.25, -0.2) is 9.97 Å². The second kappa shape index (κ2) is 3.53. The largest absolute Gasteiger partial charge is 0.394 e. The van der Waals surface area contributed by atoms with Crippen LogP contribution < -0.4 is 11.3 Å². The van der Waals surface area contributed by atoms with Gasteiger partial charge in [0, 0.05) is 18.6 Å². The molecule has 5 nitrogen and oxygen atoms in total. The van der Waals surface area contributed by atoms with Crippen molar-refractivity contribution in [2.45, 2.75) is 6.92 Å². The van der Waals surface area contributed by atoms with Crippen LogP contribution in [0.5, 0.6) is 0 Å². The molecule has 2 heterocycles. The van der Waals surface area contributed by atoms with E-state index in [1.807, 2.05) is 6.92 Å². The fraction of sp³-hybridized carbons (Fsp3) is 0.100. The molecule has 2 aromatic heterocycles. The normalized spacial score (nSPS) is 10.2. The second-order valence-corrected chi connectivity index (χ2v) is 3.20. The molecule has 0 bridgehead atoms. The highest BCUT2D eigenvalue weighted by molar-refractivity contribution is 5.36. The maximum Gasteiger partial charge on any atom is 0.280 e. The lowest BCUT2D eigenvalue weighted by Crippen LogP contribution is -2.22. The summed E-state index contributed by atoms with van der Waals surface area (Å²) in [6.07, 6.45) is 4.89. The molecular formula is C10H10N4O. The first kappa shape index (κ1) is 9.39. The molecule has 76 valence electrons. The SMILES string of the molecule is Cc1cnc(-n2cccc(N)c2=O)nc1. The van der Waals surface area contributed by atoms with Crippen LogP contribution in [0.15, 0.2) is 35.5 Å². The van der Waals surface area contributed by atoms with E-state index in [-0.39, 0.29) is 11.2 Å². The summed E-state index contributed by atoms with van der Waals surface area (Å²) in [7, 11) is 0. The zero-order valence-corrected chi connectivity index (χ0v) is 8.21. The van der Waals surface area contributed by atoms with Crippen molar-refractivity contribution in [2.24, 2.45) is 0 Å². The summed E-state index contributed by atoms with van der Waals surface area (Å²) < 4.78 is 1.31. The van der Waals surface area contributed by atoms with E-state index in [0.717, 1.165) is 5.56 Å². The van der Waals surface area contributed by atoms with Crippen molar-refractivity contribution in [2.75, 3.05) is 5.73 Å². The van der Waals surface area contributed by atoms with E-state index in [0.29, 0.717) is 5.95 Å². The number of hydrogen-bond donors (Lipinski definition) is 1. The standard InChI is InChI=1S/C10H10N4O/c1-7-5-12-10(13-6-7)14-4-2-3-8(11)9(14)15/h2-6H,11H2,1H3. The predicted octanol–water partition coefficient (Wildman–Crippen LogP) is 0.518. The van der Waals surface area contributed by atoms with Crippen molar-refractivity contribution in [1.29, 1.82) is 0 Å². The average Bonchev–Trinajstić information content (AvgIpc) is 2.24. The molecule has 2 aromatic rings. The minimum absolute atomic E-state index is 0.182. The van der Waals surface area contributed by atoms with Gasteiger partial charge < -0.3 is 5.73 Å². The molecule has 2 N–H and O–H groups in total. The minimum Gasteiger partial charge on any atom is -0.394 e. The Bertz CT molecular complexity index is 530. The van der Waals surface area contributed by atoms with E-state index in [1.165, 1.54) is 4.57 Å². The van der Waals surface area contributed by atoms with Crippen LogP contribution in [0, 0.1) is 6.92 Å². The van der Waals surface area contributed by atoms with Gasteiger partial charge in [0.25, 0.3) is 5.56 Å². The molecule has 0 aromatic carbocycles. The van der Waals surface area contributed by atoms with Gasteiger partial charge in [0.15, 0.2) is 0 Å². The summed E-state index contributed by atoms with van der Waals surface area (Å²) in [5.74, 6) is 0.331. The van der Waals surface area contributed by atoms with Gasteiger partial charge in [0.1, 0.15) is 0 Å². The van der Waals surface area contributed by atoms with E-state index < -0.39 is 0 Å². The van der Waals surface area contributed by atoms with Crippen LogP contribution in [0.25, 0.3) is 5.95 Å². The first-order valence-electron chi connectivity index (χ1n) is 4.44. The Labute approximate surface area is 86.2 Å². The van der Waals surface area contributed by atoms with Crippen molar-refractivity contribution in [3.8, 4) is 5.95 Å². The highest BCUT2D eigenvalue weighted by Gasteiger charge is 2.03. The topological polar surface area (TPSA) is 73.8 Å². The van der Waals surface area contributed by atoms with E-state index in [2.05, 4.69) is 9.97 Å². The summed E-state index contributed by atoms with van der Waals surface area (Å²) in [5.41, 5.74) is 6.32. The summed E-state index contributed by atoms with van der Waals surface area (Å²) in [6, 6.07) is 3.23. The summed E-state index contributed by atoms with van der Waals surface area (Å²) in [5, 5.41) is 0. The van der Waals surface area contributed by atoms with Crippen LogP contribution in [0.4, 0.5) is 5.69 Å². The highest BCUT2D eigenvalue weighted by Crippen LogP contribution is 1.99. The maximum atomic E-state index is 11.6. The smallest absolute Gasteiger partial charge is 0.280 e. The van der Waals surface area contributed by atoms with Gasteiger partial charge in [0.05, 0.1) is 5.69 Å². The van der Waals surface area contributed by atoms with Crippen LogP contribution in [0.1, 0.15) is 5.56 Å². The molecule has 0 saturated carbocycles. The molecule has 0 atom stereocenters. The van der Waals surface area contributed by atoms with Crippen molar-refractivity contribution in [3.63, 3.8) is 0 Å². The zero-order chi connectivity index (χ0) is 10.8. The quantitative estimate of drug-likeness (QED) is 0.731. The molecule has 0 spiro atoms. The third-order valence-electron chi connectivity index (χ3n) is 1.96. The Morgan fingerprint density at radius 2 is 2.00 bits per heavy atom. The third-order valence-corrected chi connectivity index (χ3v) is 1.96. The van der Waals surface area contributed by atoms with Crippen molar-refractivity contribution >= 4 is 5.69 Å². The fourth-order valence-electron chi connectivity index (χ4n) is 1.18. The first-order valence-corrected chi connectivity index (χ1v) is 4.44. The van der Waals surface area contributed by atoms with E-state index in [9.17, 15) is 4.79 Å². The van der Waals surface area contributed by atoms with E-state index in [1.54, 1.807) is 30.7 Å². The van der Waals surface area contributed by atoms with Gasteiger partial charge in [-0.2, -0.15) is 0 Å². The lowest BCUT2D eigenvalue weighted by Gasteiger charge is -2.03. The molecule has 0 saturated heterocycles. The maximum absolute atomic E-state index is 11.6. The number of anilines is 1. The molecule has 0 radical (unpaired) electrons. The molecule has 5 heteroatoms. The molecular weight excluding hydrogens is 192 g/mol. The van der Waals surface area contributed by atoms with Gasteiger partial charge in [-0.05, 0) is 24.6 Å². The predicted molar refractivity (Wildman–Crippen MR) is 56.8 cm³/mol. The highest BCUT2D eigenvalue weighted by atomic mass is 16.1. The van der Waals surface area contributed by atoms with Gasteiger partial charge in [-0.3, -0.25) is 9.36 Å².